The summed E-state index contributed by atoms with van der Waals surface area (Å²) >= 11 is 0. The fourth-order valence-corrected chi connectivity index (χ4v) is 1.00. The van der Waals surface area contributed by atoms with Gasteiger partial charge in [-0.3, -0.25) is 4.79 Å². The van der Waals surface area contributed by atoms with Crippen molar-refractivity contribution in [3.63, 3.8) is 0 Å². The first-order valence-corrected chi connectivity index (χ1v) is 3.74. The average Bonchev–Trinajstić information content (AvgIpc) is 2.08. The maximum absolute atomic E-state index is 13.0. The van der Waals surface area contributed by atoms with E-state index in [9.17, 15) is 9.18 Å². The quantitative estimate of drug-likeness (QED) is 0.755. The van der Waals surface area contributed by atoms with Gasteiger partial charge in [0, 0.05) is 5.56 Å². The highest BCUT2D eigenvalue weighted by molar-refractivity contribution is 5.76. The van der Waals surface area contributed by atoms with Gasteiger partial charge >= 0.3 is 0 Å². The van der Waals surface area contributed by atoms with E-state index < -0.39 is 11.7 Å². The Labute approximate surface area is 75.3 Å². The first kappa shape index (κ1) is 9.51. The van der Waals surface area contributed by atoms with E-state index in [1.807, 2.05) is 0 Å². The number of benzene rings is 1. The van der Waals surface area contributed by atoms with Crippen molar-refractivity contribution in [2.75, 3.05) is 7.11 Å². The maximum atomic E-state index is 13.0. The van der Waals surface area contributed by atoms with Crippen LogP contribution >= 0.6 is 0 Å². The summed E-state index contributed by atoms with van der Waals surface area (Å²) < 4.78 is 17.9. The summed E-state index contributed by atoms with van der Waals surface area (Å²) in [5.74, 6) is -0.496. The van der Waals surface area contributed by atoms with E-state index in [-0.39, 0.29) is 12.0 Å². The van der Waals surface area contributed by atoms with Crippen LogP contribution in [-0.2, 0) is 11.2 Å². The Kier molecular flexibility index (Phi) is 2.84. The summed E-state index contributed by atoms with van der Waals surface area (Å²) in [6, 6.07) is 4.19. The van der Waals surface area contributed by atoms with Gasteiger partial charge in [0.05, 0.1) is 13.5 Å². The maximum Gasteiger partial charge on any atom is 0.221 e. The summed E-state index contributed by atoms with van der Waals surface area (Å²) in [6.45, 7) is 0. The first-order chi connectivity index (χ1) is 6.13. The molecule has 2 N–H and O–H groups in total. The van der Waals surface area contributed by atoms with Crippen molar-refractivity contribution in [3.8, 4) is 5.75 Å². The lowest BCUT2D eigenvalue weighted by Gasteiger charge is -2.03. The van der Waals surface area contributed by atoms with Crippen molar-refractivity contribution in [3.05, 3.63) is 29.6 Å². The summed E-state index contributed by atoms with van der Waals surface area (Å²) in [6.07, 6.45) is -0.108. The van der Waals surface area contributed by atoms with Crippen LogP contribution in [0.2, 0.25) is 0 Å². The molecule has 0 aromatic heterocycles. The summed E-state index contributed by atoms with van der Waals surface area (Å²) in [7, 11) is 1.47. The summed E-state index contributed by atoms with van der Waals surface area (Å²) in [4.78, 5) is 10.5. The predicted octanol–water partition coefficient (Wildman–Crippen LogP) is 0.862. The molecule has 0 aliphatic rings. The molecule has 0 aliphatic carbocycles. The van der Waals surface area contributed by atoms with Crippen LogP contribution in [0.15, 0.2) is 18.2 Å². The van der Waals surface area contributed by atoms with Crippen molar-refractivity contribution < 1.29 is 13.9 Å². The minimum Gasteiger partial charge on any atom is -0.497 e. The van der Waals surface area contributed by atoms with Crippen LogP contribution in [0, 0.1) is 5.82 Å². The topological polar surface area (TPSA) is 52.3 Å². The molecule has 1 rings (SSSR count). The van der Waals surface area contributed by atoms with E-state index in [2.05, 4.69) is 0 Å². The van der Waals surface area contributed by atoms with Crippen LogP contribution in [0.5, 0.6) is 5.75 Å². The van der Waals surface area contributed by atoms with Gasteiger partial charge in [0.15, 0.2) is 0 Å². The molecule has 0 atom stereocenters. The highest BCUT2D eigenvalue weighted by atomic mass is 19.1. The van der Waals surface area contributed by atoms with Crippen LogP contribution in [-0.4, -0.2) is 13.0 Å². The second-order valence-electron chi connectivity index (χ2n) is 2.60. The fourth-order valence-electron chi connectivity index (χ4n) is 1.00. The van der Waals surface area contributed by atoms with Crippen LogP contribution < -0.4 is 10.5 Å². The Morgan fingerprint density at radius 1 is 1.62 bits per heavy atom. The molecule has 1 amide bonds. The number of hydrogen-bond donors (Lipinski definition) is 1. The van der Waals surface area contributed by atoms with Crippen LogP contribution in [0.25, 0.3) is 0 Å². The van der Waals surface area contributed by atoms with E-state index in [0.717, 1.165) is 0 Å². The lowest BCUT2D eigenvalue weighted by atomic mass is 10.1. The highest BCUT2D eigenvalue weighted by Crippen LogP contribution is 2.16. The van der Waals surface area contributed by atoms with E-state index in [0.29, 0.717) is 5.75 Å². The van der Waals surface area contributed by atoms with Crippen molar-refractivity contribution in [1.29, 1.82) is 0 Å². The standard InChI is InChI=1S/C9H10FNO2/c1-13-7-2-3-8(10)6(4-7)5-9(11)12/h2-4H,5H2,1H3,(H2,11,12). The van der Waals surface area contributed by atoms with Gasteiger partial charge in [-0.1, -0.05) is 0 Å². The third-order valence-corrected chi connectivity index (χ3v) is 1.62. The molecule has 1 aromatic carbocycles. The molecule has 0 spiro atoms. The minimum absolute atomic E-state index is 0.108. The summed E-state index contributed by atoms with van der Waals surface area (Å²) in [5, 5.41) is 0. The number of hydrogen-bond acceptors (Lipinski definition) is 2. The number of ether oxygens (including phenoxy) is 1. The van der Waals surface area contributed by atoms with Crippen molar-refractivity contribution >= 4 is 5.91 Å². The van der Waals surface area contributed by atoms with E-state index >= 15 is 0 Å². The van der Waals surface area contributed by atoms with Gasteiger partial charge in [0.1, 0.15) is 11.6 Å². The van der Waals surface area contributed by atoms with Gasteiger partial charge < -0.3 is 10.5 Å². The predicted molar refractivity (Wildman–Crippen MR) is 45.9 cm³/mol. The summed E-state index contributed by atoms with van der Waals surface area (Å²) in [5.41, 5.74) is 5.19. The molecule has 0 radical (unpaired) electrons. The number of halogens is 1. The zero-order valence-electron chi connectivity index (χ0n) is 7.21. The lowest BCUT2D eigenvalue weighted by molar-refractivity contribution is -0.117. The molecule has 0 saturated carbocycles. The normalized spacial score (nSPS) is 9.69. The molecular weight excluding hydrogens is 173 g/mol. The molecule has 0 heterocycles. The van der Waals surface area contributed by atoms with Gasteiger partial charge in [0.2, 0.25) is 5.91 Å². The second kappa shape index (κ2) is 3.89. The number of primary amides is 1. The Morgan fingerprint density at radius 2 is 2.31 bits per heavy atom. The molecule has 1 aromatic rings. The molecular formula is C9H10FNO2. The molecule has 0 bridgehead atoms. The number of carbonyl (C=O) groups is 1. The fraction of sp³-hybridized carbons (Fsp3) is 0.222. The van der Waals surface area contributed by atoms with Gasteiger partial charge in [-0.2, -0.15) is 0 Å². The Hall–Kier alpha value is -1.58. The van der Waals surface area contributed by atoms with E-state index in [1.165, 1.54) is 25.3 Å². The molecule has 0 aliphatic heterocycles. The van der Waals surface area contributed by atoms with Crippen LogP contribution in [0.3, 0.4) is 0 Å². The zero-order valence-corrected chi connectivity index (χ0v) is 7.21. The third-order valence-electron chi connectivity index (χ3n) is 1.62. The van der Waals surface area contributed by atoms with Crippen molar-refractivity contribution in [1.82, 2.24) is 0 Å². The molecule has 0 fully saturated rings. The second-order valence-corrected chi connectivity index (χ2v) is 2.60. The monoisotopic (exact) mass is 183 g/mol. The van der Waals surface area contributed by atoms with Gasteiger partial charge in [0.25, 0.3) is 0 Å². The van der Waals surface area contributed by atoms with Gasteiger partial charge in [-0.05, 0) is 18.2 Å². The van der Waals surface area contributed by atoms with Crippen molar-refractivity contribution in [2.45, 2.75) is 6.42 Å². The van der Waals surface area contributed by atoms with Crippen LogP contribution in [0.4, 0.5) is 4.39 Å². The number of rotatable bonds is 3. The van der Waals surface area contributed by atoms with E-state index in [1.54, 1.807) is 0 Å². The van der Waals surface area contributed by atoms with Crippen molar-refractivity contribution in [2.24, 2.45) is 5.73 Å². The zero-order chi connectivity index (χ0) is 9.84. The lowest BCUT2D eigenvalue weighted by Crippen LogP contribution is -2.14. The molecule has 70 valence electrons. The molecule has 0 saturated heterocycles. The average molecular weight is 183 g/mol. The van der Waals surface area contributed by atoms with Gasteiger partial charge in [-0.25, -0.2) is 4.39 Å². The Bertz CT molecular complexity index is 325. The third kappa shape index (κ3) is 2.43. The SMILES string of the molecule is COc1ccc(F)c(CC(N)=O)c1. The largest absolute Gasteiger partial charge is 0.497 e. The first-order valence-electron chi connectivity index (χ1n) is 3.74. The molecule has 3 nitrogen and oxygen atoms in total. The Morgan fingerprint density at radius 3 is 2.85 bits per heavy atom. The van der Waals surface area contributed by atoms with E-state index in [4.69, 9.17) is 10.5 Å². The van der Waals surface area contributed by atoms with Crippen LogP contribution in [0.1, 0.15) is 5.56 Å². The number of carbonyl (C=O) groups excluding carboxylic acids is 1. The molecule has 13 heavy (non-hydrogen) atoms. The number of nitrogens with two attached hydrogens (primary N) is 1. The smallest absolute Gasteiger partial charge is 0.221 e. The minimum atomic E-state index is -0.563. The number of methoxy groups -OCH3 is 1. The molecule has 0 unspecified atom stereocenters. The van der Waals surface area contributed by atoms with Gasteiger partial charge in [-0.15, -0.1) is 0 Å². The number of amides is 1. The highest BCUT2D eigenvalue weighted by Gasteiger charge is 2.06. The molecule has 4 heteroatoms. The Balaban J connectivity index is 2.96.